The van der Waals surface area contributed by atoms with E-state index in [9.17, 15) is 18.0 Å². The van der Waals surface area contributed by atoms with Crippen LogP contribution in [0.4, 0.5) is 13.2 Å². The summed E-state index contributed by atoms with van der Waals surface area (Å²) in [5.41, 5.74) is 2.10. The third-order valence-corrected chi connectivity index (χ3v) is 7.42. The van der Waals surface area contributed by atoms with Gasteiger partial charge in [-0.05, 0) is 48.6 Å². The van der Waals surface area contributed by atoms with Crippen LogP contribution in [0, 0.1) is 0 Å². The van der Waals surface area contributed by atoms with Crippen molar-refractivity contribution in [1.29, 1.82) is 0 Å². The van der Waals surface area contributed by atoms with Crippen LogP contribution in [0.1, 0.15) is 106 Å². The molecule has 0 radical (unpaired) electrons. The maximum atomic E-state index is 12.9. The van der Waals surface area contributed by atoms with Crippen LogP contribution in [-0.2, 0) is 48.1 Å². The zero-order valence-corrected chi connectivity index (χ0v) is 25.6. The van der Waals surface area contributed by atoms with E-state index < -0.39 is 11.7 Å². The smallest absolute Gasteiger partial charge is 0.416 e. The summed E-state index contributed by atoms with van der Waals surface area (Å²) in [6.07, 6.45) is 9.43. The summed E-state index contributed by atoms with van der Waals surface area (Å²) in [5, 5.41) is 4.15. The summed E-state index contributed by atoms with van der Waals surface area (Å²) < 4.78 is 49.4. The average Bonchev–Trinajstić information content (AvgIpc) is 3.43. The molecule has 0 aliphatic carbocycles. The van der Waals surface area contributed by atoms with Gasteiger partial charge in [-0.1, -0.05) is 99.8 Å². The lowest BCUT2D eigenvalue weighted by Gasteiger charge is -2.22. The molecule has 6 nitrogen and oxygen atoms in total. The van der Waals surface area contributed by atoms with Crippen LogP contribution < -0.4 is 0 Å². The Labute approximate surface area is 254 Å². The average molecular weight is 602 g/mol. The number of hydrogen-bond acceptors (Lipinski definition) is 6. The number of carbonyl (C=O) groups excluding carboxylic acids is 1. The van der Waals surface area contributed by atoms with Crippen molar-refractivity contribution in [3.05, 3.63) is 82.5 Å². The number of hydrogen-bond donors (Lipinski definition) is 0. The van der Waals surface area contributed by atoms with Gasteiger partial charge in [0.05, 0.1) is 18.7 Å². The van der Waals surface area contributed by atoms with Crippen LogP contribution in [-0.4, -0.2) is 34.2 Å². The van der Waals surface area contributed by atoms with Crippen molar-refractivity contribution in [3.8, 4) is 0 Å². The number of benzene rings is 2. The van der Waals surface area contributed by atoms with Gasteiger partial charge >= 0.3 is 12.1 Å². The zero-order chi connectivity index (χ0) is 30.9. The first kappa shape index (κ1) is 34.3. The number of carbonyl (C=O) groups is 1. The van der Waals surface area contributed by atoms with Crippen LogP contribution in [0.15, 0.2) is 53.1 Å². The topological polar surface area (TPSA) is 68.5 Å². The molecule has 0 bridgehead atoms. The van der Waals surface area contributed by atoms with Gasteiger partial charge in [-0.3, -0.25) is 9.69 Å². The van der Waals surface area contributed by atoms with Crippen molar-refractivity contribution in [2.75, 3.05) is 13.2 Å². The molecule has 0 saturated carbocycles. The minimum atomic E-state index is -4.39. The van der Waals surface area contributed by atoms with E-state index in [1.165, 1.54) is 63.5 Å². The van der Waals surface area contributed by atoms with E-state index >= 15 is 0 Å². The first-order valence-electron chi connectivity index (χ1n) is 15.7. The molecule has 0 amide bonds. The van der Waals surface area contributed by atoms with E-state index in [-0.39, 0.29) is 19.1 Å². The largest absolute Gasteiger partial charge is 0.465 e. The summed E-state index contributed by atoms with van der Waals surface area (Å²) in [6, 6.07) is 13.1. The number of esters is 1. The number of alkyl halides is 3. The Kier molecular flexibility index (Phi) is 14.7. The second-order valence-corrected chi connectivity index (χ2v) is 11.1. The van der Waals surface area contributed by atoms with Crippen molar-refractivity contribution < 1.29 is 27.2 Å². The van der Waals surface area contributed by atoms with Gasteiger partial charge in [-0.15, -0.1) is 0 Å². The lowest BCUT2D eigenvalue weighted by atomic mass is 10.1. The summed E-state index contributed by atoms with van der Waals surface area (Å²) in [6.45, 7) is 5.05. The monoisotopic (exact) mass is 601 g/mol. The molecule has 236 valence electrons. The van der Waals surface area contributed by atoms with Gasteiger partial charge in [-0.2, -0.15) is 18.2 Å². The molecule has 0 N–H and O–H groups in total. The second-order valence-electron chi connectivity index (χ2n) is 11.1. The normalized spacial score (nSPS) is 11.8. The fourth-order valence-corrected chi connectivity index (χ4v) is 5.02. The lowest BCUT2D eigenvalue weighted by molar-refractivity contribution is -0.144. The Morgan fingerprint density at radius 1 is 0.767 bits per heavy atom. The van der Waals surface area contributed by atoms with Gasteiger partial charge in [0.15, 0.2) is 5.82 Å². The molecule has 3 rings (SSSR count). The molecule has 0 spiro atoms. The minimum absolute atomic E-state index is 0.0369. The molecule has 1 heterocycles. The number of halogens is 3. The highest BCUT2D eigenvalue weighted by Gasteiger charge is 2.30. The van der Waals surface area contributed by atoms with E-state index in [2.05, 4.69) is 17.1 Å². The minimum Gasteiger partial charge on any atom is -0.465 e. The highest BCUT2D eigenvalue weighted by molar-refractivity contribution is 5.71. The van der Waals surface area contributed by atoms with Gasteiger partial charge < -0.3 is 9.26 Å². The Hall–Kier alpha value is -3.20. The van der Waals surface area contributed by atoms with Crippen LogP contribution in [0.3, 0.4) is 0 Å². The first-order chi connectivity index (χ1) is 20.8. The Morgan fingerprint density at radius 3 is 1.91 bits per heavy atom. The number of aromatic nitrogens is 2. The van der Waals surface area contributed by atoms with Gasteiger partial charge in [0, 0.05) is 25.9 Å². The number of rotatable bonds is 20. The van der Waals surface area contributed by atoms with Gasteiger partial charge in [0.2, 0.25) is 5.89 Å². The highest BCUT2D eigenvalue weighted by atomic mass is 19.4. The summed E-state index contributed by atoms with van der Waals surface area (Å²) in [4.78, 5) is 18.6. The van der Waals surface area contributed by atoms with Crippen LogP contribution in [0.5, 0.6) is 0 Å². The molecule has 9 heteroatoms. The summed E-state index contributed by atoms with van der Waals surface area (Å²) in [7, 11) is 0. The molecular weight excluding hydrogens is 555 g/mol. The zero-order valence-electron chi connectivity index (χ0n) is 25.6. The van der Waals surface area contributed by atoms with Gasteiger partial charge in [0.25, 0.3) is 0 Å². The van der Waals surface area contributed by atoms with Gasteiger partial charge in [0.1, 0.15) is 0 Å². The quantitative estimate of drug-likeness (QED) is 0.0955. The molecule has 0 saturated heterocycles. The third-order valence-electron chi connectivity index (χ3n) is 7.42. The number of ether oxygens (including phenoxy) is 1. The second kappa shape index (κ2) is 18.5. The van der Waals surface area contributed by atoms with Crippen molar-refractivity contribution in [2.24, 2.45) is 0 Å². The highest BCUT2D eigenvalue weighted by Crippen LogP contribution is 2.29. The fraction of sp³-hybridized carbons (Fsp3) is 0.559. The number of unbranched alkanes of at least 4 members (excludes halogenated alkanes) is 8. The van der Waals surface area contributed by atoms with Crippen molar-refractivity contribution in [1.82, 2.24) is 15.0 Å². The lowest BCUT2D eigenvalue weighted by Crippen LogP contribution is -2.30. The molecule has 0 aliphatic rings. The van der Waals surface area contributed by atoms with Crippen LogP contribution in [0.25, 0.3) is 0 Å². The Morgan fingerprint density at radius 2 is 1.33 bits per heavy atom. The maximum absolute atomic E-state index is 12.9. The molecular formula is C34H46F3N3O3. The van der Waals surface area contributed by atoms with Gasteiger partial charge in [-0.25, -0.2) is 0 Å². The van der Waals surface area contributed by atoms with Crippen LogP contribution in [0.2, 0.25) is 0 Å². The molecule has 43 heavy (non-hydrogen) atoms. The maximum Gasteiger partial charge on any atom is 0.416 e. The molecule has 1 aromatic heterocycles. The molecule has 0 aliphatic heterocycles. The molecule has 0 fully saturated rings. The predicted octanol–water partition coefficient (Wildman–Crippen LogP) is 8.51. The number of aryl methyl sites for hydroxylation is 3. The molecule has 0 unspecified atom stereocenters. The van der Waals surface area contributed by atoms with Crippen molar-refractivity contribution in [2.45, 2.75) is 110 Å². The Bertz CT molecular complexity index is 1190. The predicted molar refractivity (Wildman–Crippen MR) is 161 cm³/mol. The summed E-state index contributed by atoms with van der Waals surface area (Å²) in [5.74, 6) is 1.05. The standard InChI is InChI=1S/C34H46F3N3O3/c1-3-5-6-7-8-9-10-11-12-13-31-38-32(43-39-31)23-20-27-14-16-28(17-15-27)24-40(26-33(41)42-4-2)25-29-18-21-30(22-19-29)34(35,36)37/h14-19,21-22H,3-13,20,23-26H2,1-2H3. The van der Waals surface area contributed by atoms with E-state index in [4.69, 9.17) is 9.26 Å². The van der Waals surface area contributed by atoms with E-state index in [1.54, 1.807) is 6.92 Å². The van der Waals surface area contributed by atoms with Crippen molar-refractivity contribution >= 4 is 5.97 Å². The van der Waals surface area contributed by atoms with E-state index in [1.807, 2.05) is 29.2 Å². The molecule has 0 atom stereocenters. The Balaban J connectivity index is 1.44. The van der Waals surface area contributed by atoms with Crippen molar-refractivity contribution in [3.63, 3.8) is 0 Å². The summed E-state index contributed by atoms with van der Waals surface area (Å²) >= 11 is 0. The number of nitrogens with zero attached hydrogens (tertiary/aromatic N) is 3. The molecule has 2 aromatic carbocycles. The fourth-order valence-electron chi connectivity index (χ4n) is 5.02. The SMILES string of the molecule is CCCCCCCCCCCc1noc(CCc2ccc(CN(CC(=O)OCC)Cc3ccc(C(F)(F)F)cc3)cc2)n1. The van der Waals surface area contributed by atoms with E-state index in [0.717, 1.165) is 48.3 Å². The first-order valence-corrected chi connectivity index (χ1v) is 15.7. The molecule has 3 aromatic rings. The van der Waals surface area contributed by atoms with Crippen LogP contribution >= 0.6 is 0 Å². The van der Waals surface area contributed by atoms with E-state index in [0.29, 0.717) is 31.0 Å². The third kappa shape index (κ3) is 13.3.